The molecule has 3 aromatic rings. The fourth-order valence-corrected chi connectivity index (χ4v) is 3.94. The molecule has 37 heavy (non-hydrogen) atoms. The largest absolute Gasteiger partial charge is 0.486 e. The first kappa shape index (κ1) is 25.8. The van der Waals surface area contributed by atoms with Crippen molar-refractivity contribution < 1.29 is 19.1 Å². The molecular weight excluding hydrogens is 470 g/mol. The maximum absolute atomic E-state index is 13.2. The van der Waals surface area contributed by atoms with E-state index in [0.717, 1.165) is 18.5 Å². The predicted molar refractivity (Wildman–Crippen MR) is 145 cm³/mol. The summed E-state index contributed by atoms with van der Waals surface area (Å²) in [6.45, 7) is 2.82. The van der Waals surface area contributed by atoms with Crippen LogP contribution in [0, 0.1) is 0 Å². The minimum absolute atomic E-state index is 0.211. The van der Waals surface area contributed by atoms with E-state index in [9.17, 15) is 9.59 Å². The van der Waals surface area contributed by atoms with Gasteiger partial charge in [-0.25, -0.2) is 4.79 Å². The van der Waals surface area contributed by atoms with Crippen LogP contribution in [0.2, 0.25) is 0 Å². The number of amides is 3. The van der Waals surface area contributed by atoms with E-state index in [1.807, 2.05) is 38.4 Å². The van der Waals surface area contributed by atoms with Crippen LogP contribution in [0.25, 0.3) is 0 Å². The molecule has 3 amide bonds. The van der Waals surface area contributed by atoms with Gasteiger partial charge in [-0.3, -0.25) is 4.79 Å². The normalized spacial score (nSPS) is 12.2. The average molecular weight is 504 g/mol. The Labute approximate surface area is 217 Å². The highest BCUT2D eigenvalue weighted by Gasteiger charge is 2.17. The molecule has 3 aromatic carbocycles. The number of hydrogen-bond acceptors (Lipinski definition) is 6. The number of para-hydroxylation sites is 2. The molecule has 194 valence electrons. The van der Waals surface area contributed by atoms with Gasteiger partial charge in [0.25, 0.3) is 5.91 Å². The molecule has 0 atom stereocenters. The third-order valence-electron chi connectivity index (χ3n) is 5.91. The molecule has 0 fully saturated rings. The van der Waals surface area contributed by atoms with Crippen molar-refractivity contribution in [1.82, 2.24) is 9.80 Å². The fourth-order valence-electron chi connectivity index (χ4n) is 3.94. The van der Waals surface area contributed by atoms with Crippen LogP contribution in [0.3, 0.4) is 0 Å². The van der Waals surface area contributed by atoms with E-state index >= 15 is 0 Å². The van der Waals surface area contributed by atoms with Gasteiger partial charge in [-0.2, -0.15) is 0 Å². The first-order valence-corrected chi connectivity index (χ1v) is 12.2. The molecule has 0 radical (unpaired) electrons. The molecule has 9 nitrogen and oxygen atoms in total. The van der Waals surface area contributed by atoms with Gasteiger partial charge in [-0.15, -0.1) is 0 Å². The van der Waals surface area contributed by atoms with Crippen LogP contribution in [0.1, 0.15) is 22.3 Å². The molecule has 1 heterocycles. The van der Waals surface area contributed by atoms with E-state index in [2.05, 4.69) is 15.5 Å². The van der Waals surface area contributed by atoms with E-state index in [-0.39, 0.29) is 11.9 Å². The van der Waals surface area contributed by atoms with Gasteiger partial charge in [0.2, 0.25) is 0 Å². The van der Waals surface area contributed by atoms with Gasteiger partial charge in [0.05, 0.1) is 11.4 Å². The van der Waals surface area contributed by atoms with Gasteiger partial charge in [-0.1, -0.05) is 24.3 Å². The molecule has 1 aliphatic rings. The number of benzene rings is 3. The summed E-state index contributed by atoms with van der Waals surface area (Å²) in [5.41, 5.74) is 9.06. The highest BCUT2D eigenvalue weighted by atomic mass is 16.6. The summed E-state index contributed by atoms with van der Waals surface area (Å²) < 4.78 is 11.2. The monoisotopic (exact) mass is 503 g/mol. The van der Waals surface area contributed by atoms with E-state index in [1.165, 1.54) is 0 Å². The highest BCUT2D eigenvalue weighted by molar-refractivity contribution is 6.05. The van der Waals surface area contributed by atoms with Crippen LogP contribution in [0.15, 0.2) is 66.7 Å². The lowest BCUT2D eigenvalue weighted by molar-refractivity contribution is 0.102. The molecule has 0 aromatic heterocycles. The fraction of sp³-hybridized carbons (Fsp3) is 0.286. The Bertz CT molecular complexity index is 1230. The number of nitrogens with zero attached hydrogens (tertiary/aromatic N) is 2. The zero-order valence-corrected chi connectivity index (χ0v) is 21.2. The van der Waals surface area contributed by atoms with Crippen molar-refractivity contribution in [3.63, 3.8) is 0 Å². The Balaban J connectivity index is 1.42. The predicted octanol–water partition coefficient (Wildman–Crippen LogP) is 4.28. The number of ether oxygens (including phenoxy) is 2. The molecule has 4 N–H and O–H groups in total. The first-order valence-electron chi connectivity index (χ1n) is 12.2. The number of urea groups is 1. The van der Waals surface area contributed by atoms with Gasteiger partial charge in [0.15, 0.2) is 11.5 Å². The molecule has 0 unspecified atom stereocenters. The van der Waals surface area contributed by atoms with Gasteiger partial charge in [0, 0.05) is 30.4 Å². The number of nitrogens with two attached hydrogens (primary N) is 1. The Morgan fingerprint density at radius 2 is 1.62 bits per heavy atom. The third-order valence-corrected chi connectivity index (χ3v) is 5.91. The van der Waals surface area contributed by atoms with Gasteiger partial charge in [0.1, 0.15) is 13.2 Å². The second-order valence-corrected chi connectivity index (χ2v) is 9.11. The summed E-state index contributed by atoms with van der Waals surface area (Å²) in [5.74, 6) is 1.05. The lowest BCUT2D eigenvalue weighted by Crippen LogP contribution is -2.36. The van der Waals surface area contributed by atoms with Gasteiger partial charge >= 0.3 is 6.03 Å². The van der Waals surface area contributed by atoms with E-state index < -0.39 is 0 Å². The summed E-state index contributed by atoms with van der Waals surface area (Å²) in [4.78, 5) is 29.7. The van der Waals surface area contributed by atoms with Gasteiger partial charge < -0.3 is 35.6 Å². The number of fused-ring (bicyclic) bond motifs is 1. The second kappa shape index (κ2) is 12.1. The summed E-state index contributed by atoms with van der Waals surface area (Å²) in [7, 11) is 4.01. The van der Waals surface area contributed by atoms with Gasteiger partial charge in [-0.05, 0) is 69.0 Å². The zero-order chi connectivity index (χ0) is 26.2. The molecule has 0 aliphatic carbocycles. The molecule has 0 bridgehead atoms. The van der Waals surface area contributed by atoms with Crippen LogP contribution in [-0.4, -0.2) is 62.1 Å². The Kier molecular flexibility index (Phi) is 8.48. The van der Waals surface area contributed by atoms with Crippen molar-refractivity contribution in [3.8, 4) is 11.5 Å². The van der Waals surface area contributed by atoms with Crippen molar-refractivity contribution in [1.29, 1.82) is 0 Å². The highest BCUT2D eigenvalue weighted by Crippen LogP contribution is 2.32. The number of anilines is 3. The SMILES string of the molecule is CN(C)CCCN(Cc1ccc(C(=O)Nc2ccccc2N)cc1)C(=O)Nc1ccc2c(c1)OCCO2. The molecule has 4 rings (SSSR count). The molecule has 1 aliphatic heterocycles. The Morgan fingerprint density at radius 3 is 2.35 bits per heavy atom. The summed E-state index contributed by atoms with van der Waals surface area (Å²) >= 11 is 0. The van der Waals surface area contributed by atoms with E-state index in [1.54, 1.807) is 47.4 Å². The van der Waals surface area contributed by atoms with Crippen molar-refractivity contribution in [2.45, 2.75) is 13.0 Å². The van der Waals surface area contributed by atoms with Crippen molar-refractivity contribution in [2.75, 3.05) is 56.8 Å². The topological polar surface area (TPSA) is 109 Å². The van der Waals surface area contributed by atoms with Crippen molar-refractivity contribution in [2.24, 2.45) is 0 Å². The standard InChI is InChI=1S/C28H33N5O4/c1-32(2)14-5-15-33(28(35)30-22-12-13-25-26(18-22)37-17-16-36-25)19-20-8-10-21(11-9-20)27(34)31-24-7-4-3-6-23(24)29/h3-4,6-13,18H,5,14-17,19,29H2,1-2H3,(H,30,35)(H,31,34). The molecule has 9 heteroatoms. The zero-order valence-electron chi connectivity index (χ0n) is 21.2. The van der Waals surface area contributed by atoms with Crippen molar-refractivity contribution >= 4 is 29.0 Å². The lowest BCUT2D eigenvalue weighted by Gasteiger charge is -2.25. The number of hydrogen-bond donors (Lipinski definition) is 3. The number of rotatable bonds is 9. The van der Waals surface area contributed by atoms with Crippen LogP contribution < -0.4 is 25.8 Å². The lowest BCUT2D eigenvalue weighted by atomic mass is 10.1. The quantitative estimate of drug-likeness (QED) is 0.376. The third kappa shape index (κ3) is 7.14. The maximum atomic E-state index is 13.2. The first-order chi connectivity index (χ1) is 17.9. The minimum atomic E-state index is -0.247. The van der Waals surface area contributed by atoms with Crippen LogP contribution in [-0.2, 0) is 6.54 Å². The number of carbonyl (C=O) groups excluding carboxylic acids is 2. The number of carbonyl (C=O) groups is 2. The Hall–Kier alpha value is -4.24. The summed E-state index contributed by atoms with van der Waals surface area (Å²) in [5, 5.41) is 5.80. The molecule has 0 saturated carbocycles. The second-order valence-electron chi connectivity index (χ2n) is 9.11. The van der Waals surface area contributed by atoms with Crippen molar-refractivity contribution in [3.05, 3.63) is 77.9 Å². The number of nitrogen functional groups attached to an aromatic ring is 1. The molecule has 0 saturated heterocycles. The minimum Gasteiger partial charge on any atom is -0.486 e. The van der Waals surface area contributed by atoms with Crippen LogP contribution in [0.5, 0.6) is 11.5 Å². The van der Waals surface area contributed by atoms with E-state index in [4.69, 9.17) is 15.2 Å². The summed E-state index contributed by atoms with van der Waals surface area (Å²) in [6.07, 6.45) is 0.820. The molecular formula is C28H33N5O4. The summed E-state index contributed by atoms with van der Waals surface area (Å²) in [6, 6.07) is 19.5. The van der Waals surface area contributed by atoms with Crippen LogP contribution >= 0.6 is 0 Å². The van der Waals surface area contributed by atoms with E-state index in [0.29, 0.717) is 60.4 Å². The van der Waals surface area contributed by atoms with Crippen LogP contribution in [0.4, 0.5) is 21.9 Å². The smallest absolute Gasteiger partial charge is 0.322 e. The average Bonchev–Trinajstić information content (AvgIpc) is 2.89. The maximum Gasteiger partial charge on any atom is 0.322 e. The Morgan fingerprint density at radius 1 is 0.892 bits per heavy atom. The molecule has 0 spiro atoms. The number of nitrogens with one attached hydrogen (secondary N) is 2.